The normalized spacial score (nSPS) is 9.09. The van der Waals surface area contributed by atoms with Crippen LogP contribution in [0, 0.1) is 0 Å². The van der Waals surface area contributed by atoms with Gasteiger partial charge < -0.3 is 10.2 Å². The van der Waals surface area contributed by atoms with E-state index >= 15 is 0 Å². The van der Waals surface area contributed by atoms with Crippen LogP contribution in [0.25, 0.3) is 0 Å². The van der Waals surface area contributed by atoms with Crippen LogP contribution in [-0.4, -0.2) is 39.8 Å². The van der Waals surface area contributed by atoms with Crippen LogP contribution in [0.1, 0.15) is 0 Å². The van der Waals surface area contributed by atoms with Crippen LogP contribution in [0.2, 0.25) is 0 Å². The van der Waals surface area contributed by atoms with Crippen LogP contribution in [0.4, 0.5) is 0 Å². The molecule has 1 rings (SSSR count). The summed E-state index contributed by atoms with van der Waals surface area (Å²) in [5, 5.41) is 16.9. The molecule has 0 aromatic heterocycles. The number of hydrogen-bond donors (Lipinski definition) is 2. The van der Waals surface area contributed by atoms with Crippen LogP contribution >= 0.6 is 0 Å². The molecule has 0 fully saturated rings. The summed E-state index contributed by atoms with van der Waals surface area (Å²) in [7, 11) is 0. The zero-order valence-corrected chi connectivity index (χ0v) is 7.62. The molecule has 0 spiro atoms. The molecule has 6 heteroatoms. The molecule has 0 aliphatic rings. The van der Waals surface area contributed by atoms with Crippen LogP contribution in [0.5, 0.6) is 11.5 Å². The molecule has 0 amide bonds. The summed E-state index contributed by atoms with van der Waals surface area (Å²) in [6.45, 7) is 0. The Morgan fingerprint density at radius 3 is 1.09 bits per heavy atom. The topological polar surface area (TPSA) is 91.7 Å². The van der Waals surface area contributed by atoms with Gasteiger partial charge in [-0.1, -0.05) is 0 Å². The van der Waals surface area contributed by atoms with Gasteiger partial charge in [0.25, 0.3) is 16.3 Å². The molecule has 0 atom stereocenters. The van der Waals surface area contributed by atoms with E-state index in [1.165, 1.54) is 0 Å². The van der Waals surface area contributed by atoms with E-state index in [-0.39, 0.29) is 29.6 Å². The van der Waals surface area contributed by atoms with Crippen molar-refractivity contribution in [1.29, 1.82) is 0 Å². The van der Waals surface area contributed by atoms with Gasteiger partial charge in [0.1, 0.15) is 0 Å². The van der Waals surface area contributed by atoms with Gasteiger partial charge in [0.2, 0.25) is 11.5 Å². The summed E-state index contributed by atoms with van der Waals surface area (Å²) < 4.78 is 0. The largest absolute Gasteiger partial charge is 0.501 e. The second kappa shape index (κ2) is 3.17. The molecule has 2 N–H and O–H groups in total. The molecule has 1 aromatic rings. The molecule has 0 bridgehead atoms. The third kappa shape index (κ3) is 1.35. The van der Waals surface area contributed by atoms with Crippen molar-refractivity contribution in [3.63, 3.8) is 0 Å². The Morgan fingerprint density at radius 2 is 1.00 bits per heavy atom. The minimum absolute atomic E-state index is 0. The quantitative estimate of drug-likeness (QED) is 0.332. The predicted octanol–water partition coefficient (Wildman–Crippen LogP) is -2.33. The zero-order valence-electron chi connectivity index (χ0n) is 5.62. The first-order valence-corrected chi connectivity index (χ1v) is 2.31. The standard InChI is InChI=1S/C5H2O5.Na/c6-1-2(7)4(9)5(10)3(1)8;/h6-7H;. The molecule has 53 valence electrons. The summed E-state index contributed by atoms with van der Waals surface area (Å²) in [5.41, 5.74) is -4.08. The van der Waals surface area contributed by atoms with E-state index in [9.17, 15) is 14.4 Å². The van der Waals surface area contributed by atoms with Gasteiger partial charge in [-0.15, -0.1) is 0 Å². The second-order valence-corrected chi connectivity index (χ2v) is 1.68. The minimum atomic E-state index is -1.39. The van der Waals surface area contributed by atoms with E-state index in [2.05, 4.69) is 0 Å². The van der Waals surface area contributed by atoms with E-state index in [0.29, 0.717) is 0 Å². The minimum Gasteiger partial charge on any atom is -0.501 e. The first-order chi connectivity index (χ1) is 4.55. The third-order valence-electron chi connectivity index (χ3n) is 1.07. The maximum Gasteiger partial charge on any atom is 0.280 e. The SMILES string of the molecule is O=c1c(O)c(O)c(=O)c1=O.[Na]. The van der Waals surface area contributed by atoms with Crippen LogP contribution in [0.3, 0.4) is 0 Å². The van der Waals surface area contributed by atoms with Crippen molar-refractivity contribution >= 4 is 29.6 Å². The first kappa shape index (κ1) is 10.3. The monoisotopic (exact) mass is 165 g/mol. The Balaban J connectivity index is 0.000001000. The van der Waals surface area contributed by atoms with Gasteiger partial charge in [-0.2, -0.15) is 0 Å². The van der Waals surface area contributed by atoms with Crippen molar-refractivity contribution in [3.8, 4) is 11.5 Å². The fraction of sp³-hybridized carbons (Fsp3) is 0. The molecule has 0 unspecified atom stereocenters. The van der Waals surface area contributed by atoms with Crippen molar-refractivity contribution in [2.75, 3.05) is 0 Å². The molecule has 11 heavy (non-hydrogen) atoms. The number of aromatic hydroxyl groups is 2. The van der Waals surface area contributed by atoms with E-state index < -0.39 is 27.8 Å². The second-order valence-electron chi connectivity index (χ2n) is 1.68. The van der Waals surface area contributed by atoms with Crippen LogP contribution in [-0.2, 0) is 0 Å². The smallest absolute Gasteiger partial charge is 0.280 e. The molecule has 1 radical (unpaired) electrons. The Morgan fingerprint density at radius 1 is 0.727 bits per heavy atom. The summed E-state index contributed by atoms with van der Waals surface area (Å²) in [6.07, 6.45) is 0. The fourth-order valence-electron chi connectivity index (χ4n) is 0.533. The summed E-state index contributed by atoms with van der Waals surface area (Å²) in [4.78, 5) is 30.8. The molecular formula is C5H2NaO5. The van der Waals surface area contributed by atoms with Crippen molar-refractivity contribution in [1.82, 2.24) is 0 Å². The van der Waals surface area contributed by atoms with Gasteiger partial charge in [0, 0.05) is 29.6 Å². The number of rotatable bonds is 0. The first-order valence-electron chi connectivity index (χ1n) is 2.31. The van der Waals surface area contributed by atoms with Crippen LogP contribution < -0.4 is 16.3 Å². The average Bonchev–Trinajstić information content (AvgIpc) is 2.07. The summed E-state index contributed by atoms with van der Waals surface area (Å²) >= 11 is 0. The maximum atomic E-state index is 10.3. The Kier molecular flexibility index (Phi) is 2.98. The molecule has 0 aliphatic carbocycles. The zero-order chi connectivity index (χ0) is 7.89. The third-order valence-corrected chi connectivity index (χ3v) is 1.07. The van der Waals surface area contributed by atoms with Crippen molar-refractivity contribution in [2.24, 2.45) is 0 Å². The Bertz CT molecular complexity index is 363. The molecule has 5 nitrogen and oxygen atoms in total. The van der Waals surface area contributed by atoms with Crippen molar-refractivity contribution in [2.45, 2.75) is 0 Å². The predicted molar refractivity (Wildman–Crippen MR) is 36.7 cm³/mol. The van der Waals surface area contributed by atoms with Crippen molar-refractivity contribution in [3.05, 3.63) is 30.7 Å². The van der Waals surface area contributed by atoms with E-state index in [0.717, 1.165) is 0 Å². The van der Waals surface area contributed by atoms with Gasteiger partial charge in [0.15, 0.2) is 0 Å². The van der Waals surface area contributed by atoms with Gasteiger partial charge in [-0.05, 0) is 0 Å². The molecule has 1 aromatic carbocycles. The van der Waals surface area contributed by atoms with Gasteiger partial charge >= 0.3 is 0 Å². The molecule has 0 saturated carbocycles. The van der Waals surface area contributed by atoms with Crippen LogP contribution in [0.15, 0.2) is 14.4 Å². The molecular weight excluding hydrogens is 163 g/mol. The Labute approximate surface area is 81.9 Å². The fourth-order valence-corrected chi connectivity index (χ4v) is 0.533. The van der Waals surface area contributed by atoms with E-state index in [4.69, 9.17) is 10.2 Å². The number of hydrogen-bond acceptors (Lipinski definition) is 5. The van der Waals surface area contributed by atoms with E-state index in [1.54, 1.807) is 0 Å². The molecule has 0 heterocycles. The van der Waals surface area contributed by atoms with E-state index in [1.807, 2.05) is 0 Å². The molecule has 0 aliphatic heterocycles. The van der Waals surface area contributed by atoms with Gasteiger partial charge in [-0.25, -0.2) is 0 Å². The molecule has 0 saturated heterocycles. The van der Waals surface area contributed by atoms with Gasteiger partial charge in [0.05, 0.1) is 0 Å². The summed E-state index contributed by atoms with van der Waals surface area (Å²) in [6, 6.07) is 0. The Hall–Kier alpha value is -0.650. The average molecular weight is 165 g/mol. The van der Waals surface area contributed by atoms with Gasteiger partial charge in [-0.3, -0.25) is 14.4 Å². The maximum absolute atomic E-state index is 10.3. The van der Waals surface area contributed by atoms with Crippen molar-refractivity contribution < 1.29 is 10.2 Å². The summed E-state index contributed by atoms with van der Waals surface area (Å²) in [5.74, 6) is -2.31.